The lowest BCUT2D eigenvalue weighted by molar-refractivity contribution is 0.133. The molecule has 0 aliphatic rings. The Morgan fingerprint density at radius 1 is 1.38 bits per heavy atom. The van der Waals surface area contributed by atoms with Gasteiger partial charge in [0, 0.05) is 17.3 Å². The minimum atomic E-state index is 0.0953. The molecule has 1 heterocycles. The van der Waals surface area contributed by atoms with Crippen LogP contribution in [-0.4, -0.2) is 19.3 Å². The summed E-state index contributed by atoms with van der Waals surface area (Å²) in [5, 5.41) is 3.54. The van der Waals surface area contributed by atoms with Crippen molar-refractivity contribution in [1.29, 1.82) is 0 Å². The van der Waals surface area contributed by atoms with Crippen molar-refractivity contribution in [1.82, 2.24) is 0 Å². The van der Waals surface area contributed by atoms with Gasteiger partial charge in [-0.15, -0.1) is 11.3 Å². The third kappa shape index (κ3) is 2.61. The van der Waals surface area contributed by atoms with E-state index in [1.54, 1.807) is 11.3 Å². The monoisotopic (exact) mass is 235 g/mol. The van der Waals surface area contributed by atoms with Crippen LogP contribution in [0.15, 0.2) is 29.6 Å². The Morgan fingerprint density at radius 2 is 2.19 bits per heavy atom. The second-order valence-electron chi connectivity index (χ2n) is 3.88. The summed E-state index contributed by atoms with van der Waals surface area (Å²) in [6.45, 7) is 3.37. The molecule has 1 aromatic carbocycles. The van der Waals surface area contributed by atoms with E-state index in [-0.39, 0.29) is 6.04 Å². The third-order valence-corrected chi connectivity index (χ3v) is 3.59. The molecule has 2 rings (SSSR count). The smallest absolute Gasteiger partial charge is 0.0620 e. The Balaban J connectivity index is 2.09. The van der Waals surface area contributed by atoms with Gasteiger partial charge in [-0.05, 0) is 35.7 Å². The zero-order chi connectivity index (χ0) is 11.4. The Labute approximate surface area is 100 Å². The summed E-state index contributed by atoms with van der Waals surface area (Å²) in [5.41, 5.74) is 7.36. The number of ether oxygens (including phenoxy) is 1. The lowest BCUT2D eigenvalue weighted by atomic mass is 10.1. The molecule has 0 radical (unpaired) electrons. The standard InChI is InChI=1S/C13H17NOS/c1-2-15-8-11(14)7-10-9-16-13-6-4-3-5-12(10)13/h3-6,9,11H,2,7-8,14H2,1H3. The van der Waals surface area contributed by atoms with E-state index in [1.165, 1.54) is 15.6 Å². The molecular formula is C13H17NOS. The first-order valence-corrected chi connectivity index (χ1v) is 6.47. The number of hydrogen-bond donors (Lipinski definition) is 1. The van der Waals surface area contributed by atoms with Gasteiger partial charge >= 0.3 is 0 Å². The molecule has 0 fully saturated rings. The van der Waals surface area contributed by atoms with Crippen molar-refractivity contribution in [3.8, 4) is 0 Å². The highest BCUT2D eigenvalue weighted by Crippen LogP contribution is 2.26. The number of nitrogens with two attached hydrogens (primary N) is 1. The summed E-state index contributed by atoms with van der Waals surface area (Å²) in [7, 11) is 0. The molecule has 2 N–H and O–H groups in total. The molecule has 3 heteroatoms. The van der Waals surface area contributed by atoms with E-state index in [9.17, 15) is 0 Å². The molecule has 0 amide bonds. The molecule has 1 unspecified atom stereocenters. The van der Waals surface area contributed by atoms with Crippen molar-refractivity contribution < 1.29 is 4.74 Å². The van der Waals surface area contributed by atoms with Crippen molar-refractivity contribution in [2.45, 2.75) is 19.4 Å². The van der Waals surface area contributed by atoms with Gasteiger partial charge in [-0.3, -0.25) is 0 Å². The van der Waals surface area contributed by atoms with Crippen molar-refractivity contribution in [2.24, 2.45) is 5.73 Å². The first-order chi connectivity index (χ1) is 7.81. The predicted octanol–water partition coefficient (Wildman–Crippen LogP) is 2.81. The summed E-state index contributed by atoms with van der Waals surface area (Å²) in [6.07, 6.45) is 0.893. The van der Waals surface area contributed by atoms with Gasteiger partial charge in [-0.1, -0.05) is 18.2 Å². The molecule has 0 aliphatic carbocycles. The first kappa shape index (κ1) is 11.6. The molecular weight excluding hydrogens is 218 g/mol. The fraction of sp³-hybridized carbons (Fsp3) is 0.385. The largest absolute Gasteiger partial charge is 0.380 e. The van der Waals surface area contributed by atoms with Crippen molar-refractivity contribution in [3.63, 3.8) is 0 Å². The second-order valence-corrected chi connectivity index (χ2v) is 4.79. The maximum absolute atomic E-state index is 6.02. The zero-order valence-electron chi connectivity index (χ0n) is 9.48. The predicted molar refractivity (Wildman–Crippen MR) is 70.0 cm³/mol. The van der Waals surface area contributed by atoms with Gasteiger partial charge in [0.1, 0.15) is 0 Å². The van der Waals surface area contributed by atoms with Crippen LogP contribution in [0.2, 0.25) is 0 Å². The lowest BCUT2D eigenvalue weighted by Gasteiger charge is -2.10. The number of benzene rings is 1. The second kappa shape index (κ2) is 5.43. The number of fused-ring (bicyclic) bond motifs is 1. The van der Waals surface area contributed by atoms with Gasteiger partial charge in [0.2, 0.25) is 0 Å². The molecule has 0 saturated heterocycles. The van der Waals surface area contributed by atoms with Crippen molar-refractivity contribution in [3.05, 3.63) is 35.2 Å². The highest BCUT2D eigenvalue weighted by atomic mass is 32.1. The van der Waals surface area contributed by atoms with E-state index in [2.05, 4.69) is 29.6 Å². The Morgan fingerprint density at radius 3 is 3.00 bits per heavy atom. The molecule has 16 heavy (non-hydrogen) atoms. The van der Waals surface area contributed by atoms with Crippen LogP contribution in [0.1, 0.15) is 12.5 Å². The average molecular weight is 235 g/mol. The summed E-state index contributed by atoms with van der Waals surface area (Å²) < 4.78 is 6.67. The van der Waals surface area contributed by atoms with Crippen LogP contribution in [0.4, 0.5) is 0 Å². The Hall–Kier alpha value is -0.900. The fourth-order valence-electron chi connectivity index (χ4n) is 1.80. The zero-order valence-corrected chi connectivity index (χ0v) is 10.3. The summed E-state index contributed by atoms with van der Waals surface area (Å²) >= 11 is 1.78. The SMILES string of the molecule is CCOCC(N)Cc1csc2ccccc12. The fourth-order valence-corrected chi connectivity index (χ4v) is 2.78. The Bertz CT molecular complexity index is 452. The molecule has 0 bridgehead atoms. The van der Waals surface area contributed by atoms with Crippen LogP contribution in [-0.2, 0) is 11.2 Å². The van der Waals surface area contributed by atoms with Crippen LogP contribution in [0.5, 0.6) is 0 Å². The van der Waals surface area contributed by atoms with Gasteiger partial charge in [0.25, 0.3) is 0 Å². The van der Waals surface area contributed by atoms with E-state index in [0.717, 1.165) is 13.0 Å². The maximum Gasteiger partial charge on any atom is 0.0620 e. The highest BCUT2D eigenvalue weighted by molar-refractivity contribution is 7.17. The van der Waals surface area contributed by atoms with Gasteiger partial charge in [-0.2, -0.15) is 0 Å². The number of rotatable bonds is 5. The van der Waals surface area contributed by atoms with Gasteiger partial charge < -0.3 is 10.5 Å². The first-order valence-electron chi connectivity index (χ1n) is 5.59. The normalized spacial score (nSPS) is 13.1. The minimum absolute atomic E-state index is 0.0953. The molecule has 1 aromatic heterocycles. The van der Waals surface area contributed by atoms with Crippen molar-refractivity contribution in [2.75, 3.05) is 13.2 Å². The van der Waals surface area contributed by atoms with Crippen LogP contribution in [0, 0.1) is 0 Å². The summed E-state index contributed by atoms with van der Waals surface area (Å²) in [5.74, 6) is 0. The summed E-state index contributed by atoms with van der Waals surface area (Å²) in [6, 6.07) is 8.56. The topological polar surface area (TPSA) is 35.2 Å². The maximum atomic E-state index is 6.02. The van der Waals surface area contributed by atoms with Crippen LogP contribution >= 0.6 is 11.3 Å². The van der Waals surface area contributed by atoms with Crippen molar-refractivity contribution >= 4 is 21.4 Å². The summed E-state index contributed by atoms with van der Waals surface area (Å²) in [4.78, 5) is 0. The van der Waals surface area contributed by atoms with E-state index in [1.807, 2.05) is 6.92 Å². The van der Waals surface area contributed by atoms with E-state index >= 15 is 0 Å². The van der Waals surface area contributed by atoms with Crippen LogP contribution < -0.4 is 5.73 Å². The van der Waals surface area contributed by atoms with E-state index < -0.39 is 0 Å². The number of hydrogen-bond acceptors (Lipinski definition) is 3. The van der Waals surface area contributed by atoms with E-state index in [0.29, 0.717) is 6.61 Å². The molecule has 2 aromatic rings. The highest BCUT2D eigenvalue weighted by Gasteiger charge is 2.08. The lowest BCUT2D eigenvalue weighted by Crippen LogP contribution is -2.28. The average Bonchev–Trinajstić information content (AvgIpc) is 2.70. The molecule has 2 nitrogen and oxygen atoms in total. The molecule has 0 saturated carbocycles. The molecule has 86 valence electrons. The van der Waals surface area contributed by atoms with Crippen LogP contribution in [0.25, 0.3) is 10.1 Å². The number of thiophene rings is 1. The van der Waals surface area contributed by atoms with Crippen LogP contribution in [0.3, 0.4) is 0 Å². The van der Waals surface area contributed by atoms with Gasteiger partial charge in [0.15, 0.2) is 0 Å². The molecule has 0 aliphatic heterocycles. The van der Waals surface area contributed by atoms with E-state index in [4.69, 9.17) is 10.5 Å². The Kier molecular flexibility index (Phi) is 3.93. The minimum Gasteiger partial charge on any atom is -0.380 e. The third-order valence-electron chi connectivity index (χ3n) is 2.58. The quantitative estimate of drug-likeness (QED) is 0.865. The molecule has 0 spiro atoms. The molecule has 1 atom stereocenters. The van der Waals surface area contributed by atoms with Gasteiger partial charge in [-0.25, -0.2) is 0 Å². The van der Waals surface area contributed by atoms with Gasteiger partial charge in [0.05, 0.1) is 6.61 Å².